The summed E-state index contributed by atoms with van der Waals surface area (Å²) in [5.74, 6) is 0.696. The summed E-state index contributed by atoms with van der Waals surface area (Å²) in [7, 11) is 0. The molecule has 4 nitrogen and oxygen atoms in total. The second-order valence-electron chi connectivity index (χ2n) is 5.97. The number of hydrogen-bond donors (Lipinski definition) is 3. The van der Waals surface area contributed by atoms with Crippen molar-refractivity contribution in [3.63, 3.8) is 0 Å². The molecule has 98 valence electrons. The van der Waals surface area contributed by atoms with Gasteiger partial charge < -0.3 is 15.7 Å². The number of carbonyl (C=O) groups is 1. The van der Waals surface area contributed by atoms with Crippen LogP contribution in [0, 0.1) is 11.8 Å². The van der Waals surface area contributed by atoms with Gasteiger partial charge in [0.1, 0.15) is 0 Å². The highest BCUT2D eigenvalue weighted by atomic mass is 16.4. The number of aliphatic carboxylic acids is 1. The van der Waals surface area contributed by atoms with Crippen molar-refractivity contribution in [2.24, 2.45) is 11.8 Å². The van der Waals surface area contributed by atoms with Crippen molar-refractivity contribution < 1.29 is 9.90 Å². The Balaban J connectivity index is 1.96. The third-order valence-corrected chi connectivity index (χ3v) is 4.61. The van der Waals surface area contributed by atoms with Gasteiger partial charge in [-0.15, -0.1) is 0 Å². The van der Waals surface area contributed by atoms with Crippen LogP contribution in [0.25, 0.3) is 0 Å². The van der Waals surface area contributed by atoms with Crippen LogP contribution in [0.1, 0.15) is 39.5 Å². The van der Waals surface area contributed by atoms with E-state index in [9.17, 15) is 4.79 Å². The van der Waals surface area contributed by atoms with Crippen LogP contribution in [0.2, 0.25) is 0 Å². The van der Waals surface area contributed by atoms with Crippen molar-refractivity contribution in [3.05, 3.63) is 0 Å². The first-order valence-electron chi connectivity index (χ1n) is 6.73. The van der Waals surface area contributed by atoms with Crippen LogP contribution >= 0.6 is 0 Å². The minimum Gasteiger partial charge on any atom is -0.481 e. The van der Waals surface area contributed by atoms with E-state index >= 15 is 0 Å². The molecular formula is C13H24N2O2. The van der Waals surface area contributed by atoms with Crippen molar-refractivity contribution in [1.29, 1.82) is 0 Å². The molecule has 0 aromatic carbocycles. The summed E-state index contributed by atoms with van der Waals surface area (Å²) in [4.78, 5) is 10.9. The molecule has 1 saturated heterocycles. The third kappa shape index (κ3) is 2.80. The lowest BCUT2D eigenvalue weighted by atomic mass is 9.76. The molecule has 3 N–H and O–H groups in total. The standard InChI is InChI=1S/C13H24N2O2/c1-9-4-3-5-11(10(9)2)15-13(6-12(16)17)7-14-8-13/h9-11,14-15H,3-8H2,1-2H3,(H,16,17). The second kappa shape index (κ2) is 4.94. The molecule has 0 radical (unpaired) electrons. The lowest BCUT2D eigenvalue weighted by molar-refractivity contribution is -0.139. The number of carboxylic acids is 1. The molecule has 1 aliphatic carbocycles. The van der Waals surface area contributed by atoms with Crippen molar-refractivity contribution in [2.45, 2.75) is 51.1 Å². The van der Waals surface area contributed by atoms with E-state index in [1.807, 2.05) is 0 Å². The van der Waals surface area contributed by atoms with Gasteiger partial charge >= 0.3 is 5.97 Å². The van der Waals surface area contributed by atoms with E-state index in [0.717, 1.165) is 19.0 Å². The van der Waals surface area contributed by atoms with Gasteiger partial charge in [-0.3, -0.25) is 4.79 Å². The molecule has 0 aromatic rings. The van der Waals surface area contributed by atoms with Crippen molar-refractivity contribution in [3.8, 4) is 0 Å². The van der Waals surface area contributed by atoms with Crippen LogP contribution < -0.4 is 10.6 Å². The fourth-order valence-electron chi connectivity index (χ4n) is 3.17. The first-order chi connectivity index (χ1) is 8.02. The van der Waals surface area contributed by atoms with E-state index in [2.05, 4.69) is 24.5 Å². The fraction of sp³-hybridized carbons (Fsp3) is 0.923. The Labute approximate surface area is 103 Å². The third-order valence-electron chi connectivity index (χ3n) is 4.61. The smallest absolute Gasteiger partial charge is 0.305 e. The van der Waals surface area contributed by atoms with Crippen LogP contribution in [-0.4, -0.2) is 35.7 Å². The predicted octanol–water partition coefficient (Wildman–Crippen LogP) is 1.22. The van der Waals surface area contributed by atoms with Gasteiger partial charge in [0.25, 0.3) is 0 Å². The lowest BCUT2D eigenvalue weighted by Gasteiger charge is -2.48. The monoisotopic (exact) mass is 240 g/mol. The predicted molar refractivity (Wildman–Crippen MR) is 67.0 cm³/mol. The highest BCUT2D eigenvalue weighted by molar-refractivity contribution is 5.68. The molecule has 2 aliphatic rings. The summed E-state index contributed by atoms with van der Waals surface area (Å²) in [5.41, 5.74) is -0.193. The van der Waals surface area contributed by atoms with E-state index in [0.29, 0.717) is 12.0 Å². The molecule has 1 saturated carbocycles. The minimum absolute atomic E-state index is 0.193. The summed E-state index contributed by atoms with van der Waals surface area (Å²) in [6.45, 7) is 6.18. The zero-order valence-electron chi connectivity index (χ0n) is 10.8. The summed E-state index contributed by atoms with van der Waals surface area (Å²) in [6.07, 6.45) is 3.99. The first kappa shape index (κ1) is 12.8. The van der Waals surface area contributed by atoms with Gasteiger partial charge in [0.05, 0.1) is 12.0 Å². The number of rotatable bonds is 4. The Morgan fingerprint density at radius 1 is 1.41 bits per heavy atom. The topological polar surface area (TPSA) is 61.4 Å². The maximum Gasteiger partial charge on any atom is 0.305 e. The second-order valence-corrected chi connectivity index (χ2v) is 5.97. The molecule has 2 rings (SSSR count). The molecule has 17 heavy (non-hydrogen) atoms. The molecule has 4 heteroatoms. The van der Waals surface area contributed by atoms with E-state index in [1.165, 1.54) is 19.3 Å². The van der Waals surface area contributed by atoms with E-state index in [1.54, 1.807) is 0 Å². The van der Waals surface area contributed by atoms with Gasteiger partial charge in [0, 0.05) is 19.1 Å². The van der Waals surface area contributed by atoms with Gasteiger partial charge in [-0.25, -0.2) is 0 Å². The molecule has 0 amide bonds. The van der Waals surface area contributed by atoms with Crippen molar-refractivity contribution in [1.82, 2.24) is 10.6 Å². The van der Waals surface area contributed by atoms with Gasteiger partial charge in [0.2, 0.25) is 0 Å². The SMILES string of the molecule is CC1CCCC(NC2(CC(=O)O)CNC2)C1C. The minimum atomic E-state index is -0.699. The average Bonchev–Trinajstić information content (AvgIpc) is 2.21. The van der Waals surface area contributed by atoms with Crippen LogP contribution in [0.15, 0.2) is 0 Å². The molecule has 3 unspecified atom stereocenters. The van der Waals surface area contributed by atoms with Crippen molar-refractivity contribution in [2.75, 3.05) is 13.1 Å². The quantitative estimate of drug-likeness (QED) is 0.691. The van der Waals surface area contributed by atoms with Gasteiger partial charge in [0.15, 0.2) is 0 Å². The van der Waals surface area contributed by atoms with E-state index < -0.39 is 5.97 Å². The molecule has 2 fully saturated rings. The molecule has 0 aromatic heterocycles. The number of hydrogen-bond acceptors (Lipinski definition) is 3. The average molecular weight is 240 g/mol. The van der Waals surface area contributed by atoms with Crippen LogP contribution in [0.5, 0.6) is 0 Å². The first-order valence-corrected chi connectivity index (χ1v) is 6.73. The number of carboxylic acid groups (broad SMARTS) is 1. The van der Waals surface area contributed by atoms with Crippen molar-refractivity contribution >= 4 is 5.97 Å². The molecule has 0 bridgehead atoms. The summed E-state index contributed by atoms with van der Waals surface area (Å²) >= 11 is 0. The van der Waals surface area contributed by atoms with Crippen LogP contribution in [0.3, 0.4) is 0 Å². The Morgan fingerprint density at radius 3 is 2.65 bits per heavy atom. The highest BCUT2D eigenvalue weighted by Gasteiger charge is 2.42. The van der Waals surface area contributed by atoms with Gasteiger partial charge in [-0.05, 0) is 18.3 Å². The Bertz CT molecular complexity index is 289. The maximum absolute atomic E-state index is 10.9. The number of nitrogens with one attached hydrogen (secondary N) is 2. The Hall–Kier alpha value is -0.610. The van der Waals surface area contributed by atoms with Gasteiger partial charge in [-0.2, -0.15) is 0 Å². The zero-order valence-corrected chi connectivity index (χ0v) is 10.8. The van der Waals surface area contributed by atoms with E-state index in [4.69, 9.17) is 5.11 Å². The summed E-state index contributed by atoms with van der Waals surface area (Å²) < 4.78 is 0. The summed E-state index contributed by atoms with van der Waals surface area (Å²) in [5, 5.41) is 15.8. The Kier molecular flexibility index (Phi) is 3.73. The molecule has 1 aliphatic heterocycles. The van der Waals surface area contributed by atoms with Crippen LogP contribution in [0.4, 0.5) is 0 Å². The Morgan fingerprint density at radius 2 is 2.12 bits per heavy atom. The highest BCUT2D eigenvalue weighted by Crippen LogP contribution is 2.31. The zero-order chi connectivity index (χ0) is 12.5. The molecular weight excluding hydrogens is 216 g/mol. The molecule has 1 heterocycles. The van der Waals surface area contributed by atoms with Gasteiger partial charge in [-0.1, -0.05) is 26.7 Å². The van der Waals surface area contributed by atoms with E-state index in [-0.39, 0.29) is 12.0 Å². The molecule has 3 atom stereocenters. The largest absolute Gasteiger partial charge is 0.481 e. The summed E-state index contributed by atoms with van der Waals surface area (Å²) in [6, 6.07) is 0.486. The lowest BCUT2D eigenvalue weighted by Crippen LogP contribution is -2.71. The normalized spacial score (nSPS) is 36.2. The van der Waals surface area contributed by atoms with Crippen LogP contribution in [-0.2, 0) is 4.79 Å². The maximum atomic E-state index is 10.9. The molecule has 0 spiro atoms. The fourth-order valence-corrected chi connectivity index (χ4v) is 3.17.